The van der Waals surface area contributed by atoms with Crippen LogP contribution in [-0.2, 0) is 16.1 Å². The summed E-state index contributed by atoms with van der Waals surface area (Å²) in [7, 11) is 0. The molecule has 2 aliphatic heterocycles. The van der Waals surface area contributed by atoms with Gasteiger partial charge >= 0.3 is 0 Å². The number of fused-ring (bicyclic) bond motifs is 1. The second-order valence-corrected chi connectivity index (χ2v) is 6.67. The molecule has 1 fully saturated rings. The molecule has 2 aromatic rings. The number of hydrogen-bond acceptors (Lipinski definition) is 4. The van der Waals surface area contributed by atoms with Crippen molar-refractivity contribution in [2.45, 2.75) is 25.4 Å². The van der Waals surface area contributed by atoms with Crippen LogP contribution in [0, 0.1) is 5.82 Å². The Bertz CT molecular complexity index is 1020. The number of halogens is 1. The van der Waals surface area contributed by atoms with Crippen molar-refractivity contribution >= 4 is 29.3 Å². The van der Waals surface area contributed by atoms with Crippen LogP contribution < -0.4 is 10.6 Å². The molecule has 2 N–H and O–H groups in total. The Morgan fingerprint density at radius 2 is 1.89 bits per heavy atom. The van der Waals surface area contributed by atoms with Gasteiger partial charge in [0.25, 0.3) is 11.8 Å². The number of piperidine rings is 1. The highest BCUT2D eigenvalue weighted by Crippen LogP contribution is 2.32. The van der Waals surface area contributed by atoms with Gasteiger partial charge in [0, 0.05) is 29.8 Å². The Labute approximate surface area is 159 Å². The van der Waals surface area contributed by atoms with Crippen LogP contribution in [0.3, 0.4) is 0 Å². The van der Waals surface area contributed by atoms with Crippen LogP contribution in [0.15, 0.2) is 42.5 Å². The molecular formula is C20H16FN3O4. The first kappa shape index (κ1) is 17.8. The predicted octanol–water partition coefficient (Wildman–Crippen LogP) is 1.84. The van der Waals surface area contributed by atoms with Gasteiger partial charge in [-0.15, -0.1) is 0 Å². The van der Waals surface area contributed by atoms with Gasteiger partial charge in [0.1, 0.15) is 11.9 Å². The second kappa shape index (κ2) is 6.88. The molecule has 0 radical (unpaired) electrons. The van der Waals surface area contributed by atoms with Crippen molar-refractivity contribution in [3.8, 4) is 0 Å². The Morgan fingerprint density at radius 1 is 1.11 bits per heavy atom. The van der Waals surface area contributed by atoms with Gasteiger partial charge in [-0.1, -0.05) is 18.2 Å². The van der Waals surface area contributed by atoms with Crippen LogP contribution in [0.1, 0.15) is 39.1 Å². The summed E-state index contributed by atoms with van der Waals surface area (Å²) >= 11 is 0. The first-order valence-electron chi connectivity index (χ1n) is 8.78. The van der Waals surface area contributed by atoms with E-state index in [0.29, 0.717) is 16.8 Å². The fourth-order valence-electron chi connectivity index (χ4n) is 3.54. The molecule has 142 valence electrons. The maximum atomic E-state index is 13.9. The van der Waals surface area contributed by atoms with E-state index in [1.807, 2.05) is 0 Å². The van der Waals surface area contributed by atoms with Gasteiger partial charge in [-0.05, 0) is 30.7 Å². The summed E-state index contributed by atoms with van der Waals surface area (Å²) in [5.41, 5.74) is 1.21. The maximum Gasteiger partial charge on any atom is 0.258 e. The van der Waals surface area contributed by atoms with Gasteiger partial charge in [-0.3, -0.25) is 24.5 Å². The normalized spacial score (nSPS) is 18.7. The van der Waals surface area contributed by atoms with E-state index in [9.17, 15) is 23.6 Å². The molecule has 0 bridgehead atoms. The average molecular weight is 381 g/mol. The number of imide groups is 1. The van der Waals surface area contributed by atoms with Gasteiger partial charge in [0.05, 0.1) is 5.56 Å². The Balaban J connectivity index is 1.60. The fraction of sp³-hybridized carbons (Fsp3) is 0.200. The fourth-order valence-corrected chi connectivity index (χ4v) is 3.54. The van der Waals surface area contributed by atoms with E-state index in [0.717, 1.165) is 0 Å². The summed E-state index contributed by atoms with van der Waals surface area (Å²) in [6, 6.07) is 9.72. The van der Waals surface area contributed by atoms with E-state index in [4.69, 9.17) is 0 Å². The molecule has 1 unspecified atom stereocenters. The molecule has 2 aliphatic rings. The molecule has 28 heavy (non-hydrogen) atoms. The Morgan fingerprint density at radius 3 is 2.64 bits per heavy atom. The highest BCUT2D eigenvalue weighted by Gasteiger charge is 2.40. The molecule has 0 spiro atoms. The molecule has 2 heterocycles. The Hall–Kier alpha value is -3.55. The summed E-state index contributed by atoms with van der Waals surface area (Å²) in [5, 5.41) is 4.89. The topological polar surface area (TPSA) is 95.6 Å². The van der Waals surface area contributed by atoms with Gasteiger partial charge in [-0.25, -0.2) is 4.39 Å². The van der Waals surface area contributed by atoms with E-state index in [-0.39, 0.29) is 36.8 Å². The third-order valence-electron chi connectivity index (χ3n) is 4.95. The van der Waals surface area contributed by atoms with E-state index in [2.05, 4.69) is 10.6 Å². The van der Waals surface area contributed by atoms with Crippen molar-refractivity contribution in [2.75, 3.05) is 5.32 Å². The van der Waals surface area contributed by atoms with Crippen molar-refractivity contribution in [1.29, 1.82) is 0 Å². The minimum atomic E-state index is -0.743. The predicted molar refractivity (Wildman–Crippen MR) is 96.8 cm³/mol. The van der Waals surface area contributed by atoms with Crippen LogP contribution in [0.5, 0.6) is 0 Å². The highest BCUT2D eigenvalue weighted by molar-refractivity contribution is 6.08. The zero-order valence-corrected chi connectivity index (χ0v) is 14.7. The standard InChI is InChI=1S/C20H16FN3O4/c21-14-6-2-1-4-12(14)18(26)22-15-7-3-5-11-13(15)10-24(20(11)28)16-8-9-17(25)23-19(16)27/h1-7,16H,8-10H2,(H,22,26)(H,23,25,27). The van der Waals surface area contributed by atoms with Gasteiger partial charge in [0.2, 0.25) is 11.8 Å². The largest absolute Gasteiger partial charge is 0.322 e. The molecule has 0 aliphatic carbocycles. The van der Waals surface area contributed by atoms with Crippen LogP contribution in [0.2, 0.25) is 0 Å². The van der Waals surface area contributed by atoms with E-state index < -0.39 is 23.7 Å². The average Bonchev–Trinajstić information content (AvgIpc) is 3.00. The van der Waals surface area contributed by atoms with Gasteiger partial charge in [0.15, 0.2) is 0 Å². The minimum Gasteiger partial charge on any atom is -0.322 e. The highest BCUT2D eigenvalue weighted by atomic mass is 19.1. The van der Waals surface area contributed by atoms with E-state index >= 15 is 0 Å². The van der Waals surface area contributed by atoms with Crippen molar-refractivity contribution in [3.05, 3.63) is 65.0 Å². The smallest absolute Gasteiger partial charge is 0.258 e. The number of anilines is 1. The number of carbonyl (C=O) groups is 4. The number of benzene rings is 2. The number of carbonyl (C=O) groups excluding carboxylic acids is 4. The number of nitrogens with one attached hydrogen (secondary N) is 2. The van der Waals surface area contributed by atoms with Crippen molar-refractivity contribution in [3.63, 3.8) is 0 Å². The first-order valence-corrected chi connectivity index (χ1v) is 8.78. The molecule has 1 atom stereocenters. The second-order valence-electron chi connectivity index (χ2n) is 6.67. The first-order chi connectivity index (χ1) is 13.5. The minimum absolute atomic E-state index is 0.105. The molecule has 4 amide bonds. The zero-order chi connectivity index (χ0) is 19.8. The van der Waals surface area contributed by atoms with Gasteiger partial charge < -0.3 is 10.2 Å². The van der Waals surface area contributed by atoms with Crippen molar-refractivity contribution < 1.29 is 23.6 Å². The number of amides is 4. The van der Waals surface area contributed by atoms with Crippen LogP contribution in [0.25, 0.3) is 0 Å². The lowest BCUT2D eigenvalue weighted by molar-refractivity contribution is -0.136. The lowest BCUT2D eigenvalue weighted by Crippen LogP contribution is -2.52. The van der Waals surface area contributed by atoms with Crippen molar-refractivity contribution in [2.24, 2.45) is 0 Å². The molecule has 1 saturated heterocycles. The molecular weight excluding hydrogens is 365 g/mol. The lowest BCUT2D eigenvalue weighted by Gasteiger charge is -2.29. The molecule has 0 aromatic heterocycles. The number of nitrogens with zero attached hydrogens (tertiary/aromatic N) is 1. The molecule has 7 nitrogen and oxygen atoms in total. The van der Waals surface area contributed by atoms with Crippen LogP contribution in [0.4, 0.5) is 10.1 Å². The van der Waals surface area contributed by atoms with E-state index in [1.165, 1.54) is 23.1 Å². The quantitative estimate of drug-likeness (QED) is 0.793. The summed E-state index contributed by atoms with van der Waals surface area (Å²) in [6.07, 6.45) is 0.411. The Kier molecular flexibility index (Phi) is 4.38. The maximum absolute atomic E-state index is 13.9. The summed E-state index contributed by atoms with van der Waals surface area (Å²) in [6.45, 7) is 0.119. The molecule has 4 rings (SSSR count). The molecule has 8 heteroatoms. The SMILES string of the molecule is O=C1CCC(N2Cc3c(NC(=O)c4ccccc4F)cccc3C2=O)C(=O)N1. The summed E-state index contributed by atoms with van der Waals surface area (Å²) in [4.78, 5) is 50.1. The third-order valence-corrected chi connectivity index (χ3v) is 4.95. The monoisotopic (exact) mass is 381 g/mol. The van der Waals surface area contributed by atoms with Crippen molar-refractivity contribution in [1.82, 2.24) is 10.2 Å². The zero-order valence-electron chi connectivity index (χ0n) is 14.7. The van der Waals surface area contributed by atoms with Crippen LogP contribution >= 0.6 is 0 Å². The molecule has 0 saturated carbocycles. The summed E-state index contributed by atoms with van der Waals surface area (Å²) < 4.78 is 13.9. The van der Waals surface area contributed by atoms with Gasteiger partial charge in [-0.2, -0.15) is 0 Å². The lowest BCUT2D eigenvalue weighted by atomic mass is 10.0. The van der Waals surface area contributed by atoms with E-state index in [1.54, 1.807) is 24.3 Å². The summed E-state index contributed by atoms with van der Waals surface area (Å²) in [5.74, 6) is -2.48. The molecule has 2 aromatic carbocycles. The number of rotatable bonds is 3. The van der Waals surface area contributed by atoms with Crippen LogP contribution in [-0.4, -0.2) is 34.6 Å². The number of hydrogen-bond donors (Lipinski definition) is 2. The third kappa shape index (κ3) is 3.02.